The summed E-state index contributed by atoms with van der Waals surface area (Å²) in [5.74, 6) is -1.31. The summed E-state index contributed by atoms with van der Waals surface area (Å²) < 4.78 is 44.5. The molecule has 0 aromatic heterocycles. The molecule has 0 spiro atoms. The number of ether oxygens (including phenoxy) is 1. The molecular weight excluding hydrogens is 281 g/mol. The topological polar surface area (TPSA) is 95.7 Å². The second-order valence-corrected chi connectivity index (χ2v) is 5.37. The highest BCUT2D eigenvalue weighted by atomic mass is 32.2. The van der Waals surface area contributed by atoms with E-state index in [1.807, 2.05) is 0 Å². The lowest BCUT2D eigenvalue weighted by Crippen LogP contribution is -2.21. The van der Waals surface area contributed by atoms with Crippen LogP contribution < -0.4 is 4.74 Å². The predicted octanol–water partition coefficient (Wildman–Crippen LogP) is 1.48. The van der Waals surface area contributed by atoms with Crippen molar-refractivity contribution >= 4 is 15.8 Å². The average molecular weight is 293 g/mol. The Balaban J connectivity index is 2.79. The molecular formula is C10H12FNO6S. The molecule has 0 bridgehead atoms. The number of nitro groups is 1. The molecule has 9 heteroatoms. The van der Waals surface area contributed by atoms with E-state index in [0.717, 1.165) is 12.3 Å². The minimum Gasteiger partial charge on any atom is -0.484 e. The minimum absolute atomic E-state index is 0.267. The summed E-state index contributed by atoms with van der Waals surface area (Å²) in [6, 6.07) is 3.40. The molecule has 0 fully saturated rings. The van der Waals surface area contributed by atoms with Crippen molar-refractivity contribution in [2.24, 2.45) is 0 Å². The van der Waals surface area contributed by atoms with Crippen LogP contribution in [0.15, 0.2) is 18.2 Å². The molecule has 1 unspecified atom stereocenters. The van der Waals surface area contributed by atoms with E-state index in [0.29, 0.717) is 0 Å². The maximum Gasteiger partial charge on any atom is 0.346 e. The van der Waals surface area contributed by atoms with Gasteiger partial charge in [-0.1, -0.05) is 6.07 Å². The van der Waals surface area contributed by atoms with Crippen LogP contribution in [-0.4, -0.2) is 32.3 Å². The lowest BCUT2D eigenvalue weighted by molar-refractivity contribution is -0.388. The van der Waals surface area contributed by atoms with E-state index in [9.17, 15) is 22.9 Å². The van der Waals surface area contributed by atoms with Gasteiger partial charge in [-0.05, 0) is 19.1 Å². The van der Waals surface area contributed by atoms with Crippen LogP contribution in [0.1, 0.15) is 6.92 Å². The Labute approximate surface area is 109 Å². The lowest BCUT2D eigenvalue weighted by Gasteiger charge is -2.12. The number of para-hydroxylation sites is 1. The van der Waals surface area contributed by atoms with Gasteiger partial charge in [-0.2, -0.15) is 12.8 Å². The van der Waals surface area contributed by atoms with Gasteiger partial charge in [0.2, 0.25) is 5.82 Å². The standard InChI is InChI=1S/C10H12FNO6S/c1-7(18-19(2,15)16)6-17-9-5-3-4-8(11)10(9)12(13)14/h3-5,7H,6H2,1-2H3. The van der Waals surface area contributed by atoms with Crippen LogP contribution in [0, 0.1) is 15.9 Å². The molecule has 0 aliphatic heterocycles. The second-order valence-electron chi connectivity index (χ2n) is 3.77. The summed E-state index contributed by atoms with van der Waals surface area (Å²) in [6.45, 7) is 1.14. The number of hydrogen-bond donors (Lipinski definition) is 0. The van der Waals surface area contributed by atoms with Crippen LogP contribution in [0.3, 0.4) is 0 Å². The first-order valence-electron chi connectivity index (χ1n) is 5.14. The second kappa shape index (κ2) is 5.93. The van der Waals surface area contributed by atoms with E-state index in [2.05, 4.69) is 4.18 Å². The molecule has 0 amide bonds. The van der Waals surface area contributed by atoms with E-state index >= 15 is 0 Å². The average Bonchev–Trinajstić information content (AvgIpc) is 2.23. The minimum atomic E-state index is -3.65. The smallest absolute Gasteiger partial charge is 0.346 e. The van der Waals surface area contributed by atoms with Gasteiger partial charge in [-0.3, -0.25) is 14.3 Å². The Morgan fingerprint density at radius 2 is 2.11 bits per heavy atom. The fraction of sp³-hybridized carbons (Fsp3) is 0.400. The SMILES string of the molecule is CC(COc1cccc(F)c1[N+](=O)[O-])OS(C)(=O)=O. The first kappa shape index (κ1) is 15.3. The molecule has 1 aromatic carbocycles. The van der Waals surface area contributed by atoms with Crippen molar-refractivity contribution in [1.82, 2.24) is 0 Å². The first-order valence-corrected chi connectivity index (χ1v) is 6.96. The van der Waals surface area contributed by atoms with Gasteiger partial charge in [0.25, 0.3) is 10.1 Å². The molecule has 0 saturated heterocycles. The van der Waals surface area contributed by atoms with Gasteiger partial charge in [0.1, 0.15) is 12.7 Å². The quantitative estimate of drug-likeness (QED) is 0.448. The third-order valence-corrected chi connectivity index (χ3v) is 2.62. The fourth-order valence-corrected chi connectivity index (χ4v) is 1.97. The van der Waals surface area contributed by atoms with Crippen molar-refractivity contribution in [3.8, 4) is 5.75 Å². The van der Waals surface area contributed by atoms with Gasteiger partial charge in [0, 0.05) is 0 Å². The molecule has 7 nitrogen and oxygen atoms in total. The summed E-state index contributed by atoms with van der Waals surface area (Å²) in [5.41, 5.74) is -0.797. The summed E-state index contributed by atoms with van der Waals surface area (Å²) in [4.78, 5) is 9.76. The molecule has 0 heterocycles. The van der Waals surface area contributed by atoms with Crippen molar-refractivity contribution in [3.05, 3.63) is 34.1 Å². The normalized spacial score (nSPS) is 13.0. The molecule has 1 atom stereocenters. The van der Waals surface area contributed by atoms with Gasteiger partial charge in [-0.15, -0.1) is 0 Å². The van der Waals surface area contributed by atoms with Crippen molar-refractivity contribution in [3.63, 3.8) is 0 Å². The number of halogens is 1. The molecule has 0 radical (unpaired) electrons. The molecule has 1 aromatic rings. The molecule has 0 aliphatic carbocycles. The molecule has 0 aliphatic rings. The lowest BCUT2D eigenvalue weighted by atomic mass is 10.3. The number of hydrogen-bond acceptors (Lipinski definition) is 6. The third kappa shape index (κ3) is 4.79. The maximum atomic E-state index is 13.2. The Bertz CT molecular complexity index is 573. The van der Waals surface area contributed by atoms with E-state index in [-0.39, 0.29) is 12.4 Å². The highest BCUT2D eigenvalue weighted by Gasteiger charge is 2.22. The van der Waals surface area contributed by atoms with Crippen LogP contribution in [0.5, 0.6) is 5.75 Å². The Morgan fingerprint density at radius 1 is 1.47 bits per heavy atom. The van der Waals surface area contributed by atoms with Gasteiger partial charge in [0.05, 0.1) is 11.2 Å². The number of rotatable bonds is 6. The maximum absolute atomic E-state index is 13.2. The van der Waals surface area contributed by atoms with Crippen LogP contribution in [-0.2, 0) is 14.3 Å². The molecule has 0 N–H and O–H groups in total. The fourth-order valence-electron chi connectivity index (χ4n) is 1.32. The van der Waals surface area contributed by atoms with Crippen molar-refractivity contribution in [2.45, 2.75) is 13.0 Å². The Morgan fingerprint density at radius 3 is 2.63 bits per heavy atom. The number of nitro benzene ring substituents is 1. The van der Waals surface area contributed by atoms with E-state index < -0.39 is 32.7 Å². The molecule has 0 saturated carbocycles. The van der Waals surface area contributed by atoms with Crippen LogP contribution in [0.4, 0.5) is 10.1 Å². The number of benzene rings is 1. The van der Waals surface area contributed by atoms with E-state index in [1.54, 1.807) is 0 Å². The highest BCUT2D eigenvalue weighted by molar-refractivity contribution is 7.86. The molecule has 19 heavy (non-hydrogen) atoms. The zero-order valence-corrected chi connectivity index (χ0v) is 11.0. The van der Waals surface area contributed by atoms with Gasteiger partial charge in [-0.25, -0.2) is 0 Å². The number of nitrogens with zero attached hydrogens (tertiary/aromatic N) is 1. The van der Waals surface area contributed by atoms with Gasteiger partial charge >= 0.3 is 5.69 Å². The predicted molar refractivity (Wildman–Crippen MR) is 63.9 cm³/mol. The largest absolute Gasteiger partial charge is 0.484 e. The van der Waals surface area contributed by atoms with Crippen molar-refractivity contribution in [2.75, 3.05) is 12.9 Å². The van der Waals surface area contributed by atoms with Crippen molar-refractivity contribution in [1.29, 1.82) is 0 Å². The zero-order valence-electron chi connectivity index (χ0n) is 10.2. The van der Waals surface area contributed by atoms with Gasteiger partial charge in [0.15, 0.2) is 5.75 Å². The molecule has 106 valence electrons. The van der Waals surface area contributed by atoms with E-state index in [4.69, 9.17) is 4.74 Å². The first-order chi connectivity index (χ1) is 8.70. The van der Waals surface area contributed by atoms with E-state index in [1.165, 1.54) is 19.1 Å². The van der Waals surface area contributed by atoms with Crippen LogP contribution in [0.2, 0.25) is 0 Å². The third-order valence-electron chi connectivity index (χ3n) is 1.94. The van der Waals surface area contributed by atoms with Gasteiger partial charge < -0.3 is 4.74 Å². The summed E-state index contributed by atoms with van der Waals surface area (Å²) in [5, 5.41) is 10.7. The van der Waals surface area contributed by atoms with Crippen LogP contribution in [0.25, 0.3) is 0 Å². The zero-order chi connectivity index (χ0) is 14.6. The van der Waals surface area contributed by atoms with Crippen molar-refractivity contribution < 1.29 is 26.7 Å². The highest BCUT2D eigenvalue weighted by Crippen LogP contribution is 2.29. The van der Waals surface area contributed by atoms with Crippen LogP contribution >= 0.6 is 0 Å². The summed E-state index contributed by atoms with van der Waals surface area (Å²) in [6.07, 6.45) is 0.0200. The molecule has 1 rings (SSSR count). The monoisotopic (exact) mass is 293 g/mol. The Kier molecular flexibility index (Phi) is 4.78. The summed E-state index contributed by atoms with van der Waals surface area (Å²) in [7, 11) is -3.65. The summed E-state index contributed by atoms with van der Waals surface area (Å²) >= 11 is 0. The Hall–Kier alpha value is -1.74.